The van der Waals surface area contributed by atoms with E-state index in [1.54, 1.807) is 0 Å². The van der Waals surface area contributed by atoms with Gasteiger partial charge in [-0.05, 0) is 12.8 Å². The molecular weight excluding hydrogens is 971 g/mol. The summed E-state index contributed by atoms with van der Waals surface area (Å²) in [4.78, 5) is 37.5. The van der Waals surface area contributed by atoms with Gasteiger partial charge in [0.25, 0.3) is 6.29 Å². The highest BCUT2D eigenvalue weighted by molar-refractivity contribution is 5.71. The lowest BCUT2D eigenvalue weighted by atomic mass is 10.0. The Morgan fingerprint density at radius 3 is 0.821 bits per heavy atom. The SMILES string of the molecule is CCCCCCCCCCCCCCCCCCCCCCCCCCCCCCCCCCCCCCCCC(=O)OC(COC(=O)CCCCCCCCCCCCCCCCC)COC(OCC[N+](C)(C)C)C(=O)O. The Labute approximate surface area is 485 Å². The average molecular weight is 1110 g/mol. The summed E-state index contributed by atoms with van der Waals surface area (Å²) in [6, 6.07) is 0. The smallest absolute Gasteiger partial charge is 0.361 e. The maximum atomic E-state index is 12.9. The van der Waals surface area contributed by atoms with Gasteiger partial charge < -0.3 is 28.5 Å². The van der Waals surface area contributed by atoms with Gasteiger partial charge in [-0.1, -0.05) is 341 Å². The monoisotopic (exact) mass is 1110 g/mol. The largest absolute Gasteiger partial charge is 0.477 e. The summed E-state index contributed by atoms with van der Waals surface area (Å²) in [5, 5.41) is 9.72. The van der Waals surface area contributed by atoms with Crippen LogP contribution in [0.5, 0.6) is 0 Å². The van der Waals surface area contributed by atoms with Crippen LogP contribution in [0.4, 0.5) is 0 Å². The molecule has 0 saturated heterocycles. The fourth-order valence-electron chi connectivity index (χ4n) is 10.8. The van der Waals surface area contributed by atoms with Crippen LogP contribution in [-0.4, -0.2) is 87.4 Å². The van der Waals surface area contributed by atoms with Crippen LogP contribution in [0.1, 0.15) is 367 Å². The standard InChI is InChI=1S/C69H135NO8/c1-6-8-10-12-14-16-18-20-22-23-24-25-26-27-28-29-30-31-32-33-34-35-36-37-38-39-40-41-42-43-44-46-48-50-52-54-56-58-60-67(72)78-65(64-77-69(68(73)74)75-62-61-70(3,4)5)63-76-66(71)59-57-55-53-51-49-47-45-21-19-17-15-13-11-9-7-2/h65,69H,6-64H2,1-5H3/p+1. The molecule has 0 heterocycles. The number of likely N-dealkylation sites (N-methyl/N-ethyl adjacent to an activating group) is 1. The summed E-state index contributed by atoms with van der Waals surface area (Å²) in [6.45, 7) is 4.95. The topological polar surface area (TPSA) is 108 Å². The summed E-state index contributed by atoms with van der Waals surface area (Å²) >= 11 is 0. The minimum atomic E-state index is -1.50. The first-order valence-corrected chi connectivity index (χ1v) is 34.7. The molecule has 0 aromatic carbocycles. The van der Waals surface area contributed by atoms with E-state index in [0.717, 1.165) is 38.5 Å². The lowest BCUT2D eigenvalue weighted by Crippen LogP contribution is -2.40. The van der Waals surface area contributed by atoms with Crippen molar-refractivity contribution in [1.82, 2.24) is 0 Å². The van der Waals surface area contributed by atoms with Gasteiger partial charge >= 0.3 is 17.9 Å². The summed E-state index contributed by atoms with van der Waals surface area (Å²) < 4.78 is 22.9. The highest BCUT2D eigenvalue weighted by Gasteiger charge is 2.25. The Hall–Kier alpha value is -1.71. The maximum absolute atomic E-state index is 12.9. The lowest BCUT2D eigenvalue weighted by Gasteiger charge is -2.25. The zero-order chi connectivity index (χ0) is 56.9. The summed E-state index contributed by atoms with van der Waals surface area (Å²) in [5.41, 5.74) is 0. The molecule has 0 radical (unpaired) electrons. The highest BCUT2D eigenvalue weighted by atomic mass is 16.7. The molecule has 0 amide bonds. The third-order valence-corrected chi connectivity index (χ3v) is 16.1. The van der Waals surface area contributed by atoms with E-state index < -0.39 is 18.4 Å². The first-order valence-electron chi connectivity index (χ1n) is 34.7. The second-order valence-electron chi connectivity index (χ2n) is 25.2. The van der Waals surface area contributed by atoms with Gasteiger partial charge in [-0.2, -0.15) is 0 Å². The summed E-state index contributed by atoms with van der Waals surface area (Å²) in [5.74, 6) is -1.97. The molecule has 0 aromatic heterocycles. The number of quaternary nitrogens is 1. The molecule has 0 saturated carbocycles. The number of carbonyl (C=O) groups excluding carboxylic acids is 2. The van der Waals surface area contributed by atoms with Crippen molar-refractivity contribution < 1.29 is 42.9 Å². The number of carboxylic acid groups (broad SMARTS) is 1. The summed E-state index contributed by atoms with van der Waals surface area (Å²) in [6.07, 6.45) is 69.6. The van der Waals surface area contributed by atoms with Gasteiger partial charge in [0.05, 0.1) is 34.4 Å². The summed E-state index contributed by atoms with van der Waals surface area (Å²) in [7, 11) is 5.99. The van der Waals surface area contributed by atoms with E-state index in [4.69, 9.17) is 18.9 Å². The lowest BCUT2D eigenvalue weighted by molar-refractivity contribution is -0.870. The first kappa shape index (κ1) is 76.3. The number of aliphatic carboxylic acids is 1. The van der Waals surface area contributed by atoms with E-state index in [0.29, 0.717) is 17.4 Å². The number of hydrogen-bond acceptors (Lipinski definition) is 7. The van der Waals surface area contributed by atoms with Crippen molar-refractivity contribution in [1.29, 1.82) is 0 Å². The van der Waals surface area contributed by atoms with E-state index in [1.165, 1.54) is 302 Å². The van der Waals surface area contributed by atoms with Crippen molar-refractivity contribution in [2.24, 2.45) is 0 Å². The van der Waals surface area contributed by atoms with Gasteiger partial charge in [-0.3, -0.25) is 9.59 Å². The first-order chi connectivity index (χ1) is 38.1. The molecule has 9 nitrogen and oxygen atoms in total. The fraction of sp³-hybridized carbons (Fsp3) is 0.957. The molecule has 0 fully saturated rings. The molecule has 0 aliphatic heterocycles. The number of rotatable bonds is 66. The van der Waals surface area contributed by atoms with Crippen LogP contribution in [0.15, 0.2) is 0 Å². The molecule has 78 heavy (non-hydrogen) atoms. The second kappa shape index (κ2) is 61.4. The van der Waals surface area contributed by atoms with Crippen LogP contribution < -0.4 is 0 Å². The molecule has 0 bridgehead atoms. The van der Waals surface area contributed by atoms with Gasteiger partial charge in [-0.15, -0.1) is 0 Å². The number of carbonyl (C=O) groups is 3. The van der Waals surface area contributed by atoms with E-state index in [2.05, 4.69) is 13.8 Å². The van der Waals surface area contributed by atoms with Crippen LogP contribution in [0.2, 0.25) is 0 Å². The van der Waals surface area contributed by atoms with Gasteiger partial charge in [0.2, 0.25) is 0 Å². The van der Waals surface area contributed by atoms with E-state index in [-0.39, 0.29) is 38.2 Å². The number of esters is 2. The van der Waals surface area contributed by atoms with E-state index in [9.17, 15) is 19.5 Å². The molecule has 464 valence electrons. The van der Waals surface area contributed by atoms with Gasteiger partial charge in [0.15, 0.2) is 6.10 Å². The molecular formula is C69H136NO8+. The Morgan fingerprint density at radius 1 is 0.333 bits per heavy atom. The second-order valence-corrected chi connectivity index (χ2v) is 25.2. The van der Waals surface area contributed by atoms with Crippen LogP contribution in [0.25, 0.3) is 0 Å². The zero-order valence-electron chi connectivity index (χ0n) is 53.1. The van der Waals surface area contributed by atoms with Crippen LogP contribution >= 0.6 is 0 Å². The van der Waals surface area contributed by atoms with E-state index in [1.807, 2.05) is 21.1 Å². The Balaban J connectivity index is 3.90. The minimum absolute atomic E-state index is 0.172. The number of hydrogen-bond donors (Lipinski definition) is 1. The molecule has 9 heteroatoms. The predicted octanol–water partition coefficient (Wildman–Crippen LogP) is 21.1. The number of nitrogens with zero attached hydrogens (tertiary/aromatic N) is 1. The van der Waals surface area contributed by atoms with Crippen molar-refractivity contribution in [3.05, 3.63) is 0 Å². The van der Waals surface area contributed by atoms with Crippen LogP contribution in [0, 0.1) is 0 Å². The number of carboxylic acids is 1. The van der Waals surface area contributed by atoms with Crippen molar-refractivity contribution in [3.63, 3.8) is 0 Å². The van der Waals surface area contributed by atoms with Gasteiger partial charge in [0, 0.05) is 12.8 Å². The van der Waals surface area contributed by atoms with Crippen molar-refractivity contribution >= 4 is 17.9 Å². The number of unbranched alkanes of at least 4 members (excludes halogenated alkanes) is 51. The third kappa shape index (κ3) is 61.9. The molecule has 0 aliphatic carbocycles. The van der Waals surface area contributed by atoms with Gasteiger partial charge in [0.1, 0.15) is 13.2 Å². The molecule has 0 rings (SSSR count). The molecule has 0 aliphatic rings. The molecule has 0 spiro atoms. The van der Waals surface area contributed by atoms with Crippen molar-refractivity contribution in [2.75, 3.05) is 47.5 Å². The van der Waals surface area contributed by atoms with E-state index >= 15 is 0 Å². The average Bonchev–Trinajstić information content (AvgIpc) is 3.41. The van der Waals surface area contributed by atoms with Crippen LogP contribution in [0.3, 0.4) is 0 Å². The molecule has 2 atom stereocenters. The Morgan fingerprint density at radius 2 is 0.577 bits per heavy atom. The fourth-order valence-corrected chi connectivity index (χ4v) is 10.8. The van der Waals surface area contributed by atoms with Gasteiger partial charge in [-0.25, -0.2) is 4.79 Å². The molecule has 0 aromatic rings. The third-order valence-electron chi connectivity index (χ3n) is 16.1. The molecule has 2 unspecified atom stereocenters. The minimum Gasteiger partial charge on any atom is -0.477 e. The number of ether oxygens (including phenoxy) is 4. The van der Waals surface area contributed by atoms with Crippen LogP contribution in [-0.2, 0) is 33.3 Å². The van der Waals surface area contributed by atoms with Crippen molar-refractivity contribution in [2.45, 2.75) is 379 Å². The zero-order valence-corrected chi connectivity index (χ0v) is 53.1. The Kier molecular flexibility index (Phi) is 60.0. The maximum Gasteiger partial charge on any atom is 0.361 e. The van der Waals surface area contributed by atoms with Crippen molar-refractivity contribution in [3.8, 4) is 0 Å². The predicted molar refractivity (Wildman–Crippen MR) is 332 cm³/mol. The quantitative estimate of drug-likeness (QED) is 0.0278. The highest BCUT2D eigenvalue weighted by Crippen LogP contribution is 2.19. The molecule has 1 N–H and O–H groups in total. The normalized spacial score (nSPS) is 12.6. The Bertz CT molecular complexity index is 1240.